The summed E-state index contributed by atoms with van der Waals surface area (Å²) in [4.78, 5) is 38.3. The molecule has 0 saturated carbocycles. The van der Waals surface area contributed by atoms with Crippen molar-refractivity contribution in [2.24, 2.45) is 0 Å². The number of carbonyl (C=O) groups is 1. The fraction of sp³-hybridized carbons (Fsp3) is 0.491. The van der Waals surface area contributed by atoms with Crippen molar-refractivity contribution in [2.45, 2.75) is 83.3 Å². The molecule has 5 aliphatic rings. The molecule has 5 aromatic rings. The maximum absolute atomic E-state index is 15.7. The van der Waals surface area contributed by atoms with Crippen molar-refractivity contribution in [1.82, 2.24) is 29.7 Å². The molecule has 3 aliphatic heterocycles. The molecular formula is C53H61Cl2FN6O9S. The number of thiophene rings is 1. The standard InChI is InChI=1S/C53H61Cl2FN6O9S/c1-32-42-33(2)46(55)47(45(32)54)70-39(27-62-19-17-61(3)18-20-62)29-68-38-9-10-40(69-28-37-13-16-57-49(60-37)35-11-14-53(56,15-12-35)30-67-24-23-66-22-21-65-4)36(25-38)26-41(52(63)64)71-50-44-43(42)48(34-7-5-6-8-34)72-51(44)59-31-58-50/h7,9-11,13,16,25,31,39,41H,5-6,8,12,14-15,17-24,26-30H2,1-4H3,(H,63,64)/t39-,41-,53-/m1/s1. The highest BCUT2D eigenvalue weighted by Gasteiger charge is 2.35. The summed E-state index contributed by atoms with van der Waals surface area (Å²) in [7, 11) is 3.72. The van der Waals surface area contributed by atoms with E-state index in [-0.39, 0.29) is 45.0 Å². The normalized spacial score (nSPS) is 20.9. The van der Waals surface area contributed by atoms with Crippen LogP contribution in [0.2, 0.25) is 10.0 Å². The highest BCUT2D eigenvalue weighted by atomic mass is 35.5. The van der Waals surface area contributed by atoms with E-state index in [0.29, 0.717) is 94.0 Å². The van der Waals surface area contributed by atoms with Gasteiger partial charge in [-0.3, -0.25) is 4.90 Å². The van der Waals surface area contributed by atoms with E-state index in [2.05, 4.69) is 32.9 Å². The van der Waals surface area contributed by atoms with Gasteiger partial charge in [0.2, 0.25) is 12.0 Å². The van der Waals surface area contributed by atoms with Gasteiger partial charge in [0.15, 0.2) is 11.6 Å². The lowest BCUT2D eigenvalue weighted by Crippen LogP contribution is -2.49. The Morgan fingerprint density at radius 3 is 2.49 bits per heavy atom. The van der Waals surface area contributed by atoms with Gasteiger partial charge in [-0.2, -0.15) is 0 Å². The quantitative estimate of drug-likeness (QED) is 0.0930. The van der Waals surface area contributed by atoms with Crippen molar-refractivity contribution in [3.63, 3.8) is 0 Å². The Hall–Kier alpha value is -4.98. The predicted octanol–water partition coefficient (Wildman–Crippen LogP) is 9.64. The first-order valence-corrected chi connectivity index (χ1v) is 26.1. The van der Waals surface area contributed by atoms with Crippen LogP contribution in [0.25, 0.3) is 32.5 Å². The number of carboxylic acids is 1. The molecule has 1 fully saturated rings. The molecule has 2 aromatic carbocycles. The van der Waals surface area contributed by atoms with Gasteiger partial charge >= 0.3 is 5.97 Å². The third kappa shape index (κ3) is 12.0. The summed E-state index contributed by atoms with van der Waals surface area (Å²) >= 11 is 16.2. The number of halogens is 3. The number of alkyl halides is 1. The Kier molecular flexibility index (Phi) is 16.9. The lowest BCUT2D eigenvalue weighted by Gasteiger charge is -2.35. The van der Waals surface area contributed by atoms with Gasteiger partial charge in [0.1, 0.15) is 47.6 Å². The van der Waals surface area contributed by atoms with Crippen LogP contribution in [0.3, 0.4) is 0 Å². The number of hydrogen-bond donors (Lipinski definition) is 1. The van der Waals surface area contributed by atoms with Crippen LogP contribution in [0, 0.1) is 13.8 Å². The number of ether oxygens (including phenoxy) is 7. The van der Waals surface area contributed by atoms with Gasteiger partial charge in [-0.15, -0.1) is 11.3 Å². The van der Waals surface area contributed by atoms with Gasteiger partial charge in [0.25, 0.3) is 0 Å². The minimum Gasteiger partial charge on any atom is -0.490 e. The molecular weight excluding hydrogens is 987 g/mol. The molecule has 0 amide bonds. The number of methoxy groups -OCH3 is 1. The van der Waals surface area contributed by atoms with Crippen molar-refractivity contribution in [1.29, 1.82) is 0 Å². The van der Waals surface area contributed by atoms with Crippen molar-refractivity contribution in [2.75, 3.05) is 86.5 Å². The number of rotatable bonds is 16. The SMILES string of the molecule is COCCOCCOC[C@@]1(F)CC=C(c2nccc(COc3ccc4cc3C[C@H](C(=O)O)Oc3ncnc5sc(C6=CCCC6)c(c35)-c3c(C)c(Cl)c(c(Cl)c3C)O[C@H](CN3CCN(C)CC3)CO4)n2)CC1. The molecule has 6 heterocycles. The van der Waals surface area contributed by atoms with Crippen LogP contribution in [0.5, 0.6) is 23.1 Å². The second kappa shape index (κ2) is 23.5. The van der Waals surface area contributed by atoms with Crippen LogP contribution in [0.4, 0.5) is 4.39 Å². The van der Waals surface area contributed by atoms with E-state index in [1.165, 1.54) is 23.2 Å². The molecule has 72 heavy (non-hydrogen) atoms. The highest BCUT2D eigenvalue weighted by Crippen LogP contribution is 2.53. The Morgan fingerprint density at radius 2 is 1.75 bits per heavy atom. The zero-order valence-electron chi connectivity index (χ0n) is 41.1. The molecule has 1 N–H and O–H groups in total. The first kappa shape index (κ1) is 51.9. The van der Waals surface area contributed by atoms with E-state index in [0.717, 1.165) is 78.1 Å². The molecule has 0 radical (unpaired) electrons. The number of aromatic nitrogens is 4. The number of likely N-dealkylation sites (N-methyl/N-ethyl adjacent to an activating group) is 1. The Morgan fingerprint density at radius 1 is 0.958 bits per heavy atom. The fourth-order valence-electron chi connectivity index (χ4n) is 9.62. The average Bonchev–Trinajstić information content (AvgIpc) is 4.06. The van der Waals surface area contributed by atoms with Crippen molar-refractivity contribution < 1.29 is 47.4 Å². The Labute approximate surface area is 433 Å². The summed E-state index contributed by atoms with van der Waals surface area (Å²) in [6.07, 6.45) is 8.79. The van der Waals surface area contributed by atoms with Gasteiger partial charge in [0.05, 0.1) is 54.2 Å². The van der Waals surface area contributed by atoms with Crippen LogP contribution in [0.15, 0.2) is 48.9 Å². The number of piperazine rings is 1. The van der Waals surface area contributed by atoms with Crippen LogP contribution < -0.4 is 18.9 Å². The Bertz CT molecular complexity index is 2800. The molecule has 0 unspecified atom stereocenters. The summed E-state index contributed by atoms with van der Waals surface area (Å²) in [6, 6.07) is 7.07. The molecule has 19 heteroatoms. The van der Waals surface area contributed by atoms with E-state index >= 15 is 4.39 Å². The van der Waals surface area contributed by atoms with Gasteiger partial charge in [-0.05, 0) is 105 Å². The lowest BCUT2D eigenvalue weighted by atomic mass is 9.87. The molecule has 3 atom stereocenters. The second-order valence-electron chi connectivity index (χ2n) is 18.8. The molecule has 4 bridgehead atoms. The predicted molar refractivity (Wildman–Crippen MR) is 276 cm³/mol. The van der Waals surface area contributed by atoms with E-state index in [1.54, 1.807) is 37.6 Å². The van der Waals surface area contributed by atoms with Crippen LogP contribution in [-0.2, 0) is 32.0 Å². The van der Waals surface area contributed by atoms with Crippen molar-refractivity contribution in [3.05, 3.63) is 92.1 Å². The number of hydrogen-bond acceptors (Lipinski definition) is 15. The summed E-state index contributed by atoms with van der Waals surface area (Å²) in [6.45, 7) is 9.72. The largest absolute Gasteiger partial charge is 0.490 e. The van der Waals surface area contributed by atoms with Crippen molar-refractivity contribution >= 4 is 61.9 Å². The number of nitrogens with zero attached hydrogens (tertiary/aromatic N) is 6. The topological polar surface area (TPSA) is 160 Å². The minimum absolute atomic E-state index is 0.0288. The number of fused-ring (bicyclic) bond motifs is 7. The monoisotopic (exact) mass is 1050 g/mol. The summed E-state index contributed by atoms with van der Waals surface area (Å²) in [5.74, 6) is 0.657. The molecule has 384 valence electrons. The van der Waals surface area contributed by atoms with Gasteiger partial charge in [-0.1, -0.05) is 35.4 Å². The second-order valence-corrected chi connectivity index (χ2v) is 20.6. The minimum atomic E-state index is -1.50. The number of carboxylic acid groups (broad SMARTS) is 1. The maximum Gasteiger partial charge on any atom is 0.345 e. The molecule has 3 aromatic heterocycles. The first-order valence-electron chi connectivity index (χ1n) is 24.5. The summed E-state index contributed by atoms with van der Waals surface area (Å²) in [5, 5.41) is 12.2. The van der Waals surface area contributed by atoms with E-state index in [4.69, 9.17) is 66.3 Å². The summed E-state index contributed by atoms with van der Waals surface area (Å²) < 4.78 is 58.2. The average molecular weight is 1050 g/mol. The van der Waals surface area contributed by atoms with Crippen molar-refractivity contribution in [3.8, 4) is 34.3 Å². The van der Waals surface area contributed by atoms with Crippen LogP contribution >= 0.6 is 34.5 Å². The number of benzene rings is 2. The number of allylic oxidation sites excluding steroid dienone is 4. The van der Waals surface area contributed by atoms with E-state index < -0.39 is 23.8 Å². The third-order valence-electron chi connectivity index (χ3n) is 13.7. The Balaban J connectivity index is 1.03. The first-order chi connectivity index (χ1) is 34.9. The molecule has 1 saturated heterocycles. The number of aliphatic carboxylic acids is 1. The smallest absolute Gasteiger partial charge is 0.345 e. The third-order valence-corrected chi connectivity index (χ3v) is 15.8. The molecule has 2 aliphatic carbocycles. The zero-order valence-corrected chi connectivity index (χ0v) is 43.5. The molecule has 0 spiro atoms. The molecule has 15 nitrogen and oxygen atoms in total. The van der Waals surface area contributed by atoms with Gasteiger partial charge < -0.3 is 43.2 Å². The van der Waals surface area contributed by atoms with Gasteiger partial charge in [0, 0.05) is 74.9 Å². The van der Waals surface area contributed by atoms with Crippen LogP contribution in [0.1, 0.15) is 71.6 Å². The van der Waals surface area contributed by atoms with E-state index in [9.17, 15) is 9.90 Å². The highest BCUT2D eigenvalue weighted by molar-refractivity contribution is 7.20. The zero-order chi connectivity index (χ0) is 50.4. The summed E-state index contributed by atoms with van der Waals surface area (Å²) in [5.41, 5.74) is 4.70. The van der Waals surface area contributed by atoms with E-state index in [1.807, 2.05) is 19.9 Å². The lowest BCUT2D eigenvalue weighted by molar-refractivity contribution is -0.145. The fourth-order valence-corrected chi connectivity index (χ4v) is 11.3. The van der Waals surface area contributed by atoms with Crippen LogP contribution in [-0.4, -0.2) is 145 Å². The molecule has 10 rings (SSSR count). The maximum atomic E-state index is 15.7. The van der Waals surface area contributed by atoms with Gasteiger partial charge in [-0.25, -0.2) is 29.1 Å².